The van der Waals surface area contributed by atoms with Gasteiger partial charge in [0.15, 0.2) is 9.84 Å². The third-order valence-electron chi connectivity index (χ3n) is 5.37. The maximum absolute atomic E-state index is 12.8. The molecule has 0 atom stereocenters. The van der Waals surface area contributed by atoms with Crippen LogP contribution in [-0.2, 0) is 9.84 Å². The topological polar surface area (TPSA) is 76.1 Å². The fraction of sp³-hybridized carbons (Fsp3) is 0.273. The number of nitrogens with zero attached hydrogens (tertiary/aromatic N) is 1. The highest BCUT2D eigenvalue weighted by atomic mass is 35.5. The number of fused-ring (bicyclic) bond motifs is 1. The Labute approximate surface area is 175 Å². The Morgan fingerprint density at radius 3 is 2.62 bits per heavy atom. The van der Waals surface area contributed by atoms with Crippen LogP contribution in [-0.4, -0.2) is 24.6 Å². The minimum atomic E-state index is -3.38. The van der Waals surface area contributed by atoms with Gasteiger partial charge in [0.05, 0.1) is 26.9 Å². The van der Waals surface area contributed by atoms with Crippen molar-refractivity contribution >= 4 is 43.9 Å². The van der Waals surface area contributed by atoms with E-state index in [0.717, 1.165) is 23.7 Å². The summed E-state index contributed by atoms with van der Waals surface area (Å²) in [5.41, 5.74) is 2.21. The first-order chi connectivity index (χ1) is 13.8. The van der Waals surface area contributed by atoms with E-state index in [9.17, 15) is 13.2 Å². The van der Waals surface area contributed by atoms with Gasteiger partial charge in [-0.3, -0.25) is 9.78 Å². The summed E-state index contributed by atoms with van der Waals surface area (Å²) in [4.78, 5) is 17.6. The van der Waals surface area contributed by atoms with Gasteiger partial charge in [0.2, 0.25) is 0 Å². The number of halogens is 1. The maximum Gasteiger partial charge on any atom is 0.257 e. The monoisotopic (exact) mass is 428 g/mol. The van der Waals surface area contributed by atoms with Crippen LogP contribution in [0.2, 0.25) is 5.02 Å². The zero-order valence-corrected chi connectivity index (χ0v) is 17.6. The predicted octanol–water partition coefficient (Wildman–Crippen LogP) is 5.17. The van der Waals surface area contributed by atoms with Crippen molar-refractivity contribution in [2.75, 3.05) is 5.32 Å². The second-order valence-corrected chi connectivity index (χ2v) is 10.1. The van der Waals surface area contributed by atoms with Crippen molar-refractivity contribution in [3.63, 3.8) is 0 Å². The summed E-state index contributed by atoms with van der Waals surface area (Å²) >= 11 is 6.05. The van der Waals surface area contributed by atoms with Crippen LogP contribution >= 0.6 is 11.6 Å². The van der Waals surface area contributed by atoms with Crippen LogP contribution in [0.1, 0.15) is 41.7 Å². The zero-order valence-electron chi connectivity index (χ0n) is 16.0. The molecule has 1 heterocycles. The molecule has 0 radical (unpaired) electrons. The number of rotatable bonds is 4. The number of nitrogens with one attached hydrogen (secondary N) is 1. The number of sulfone groups is 1. The standard InChI is InChI=1S/C22H21ClN2O3S/c1-14-20(12-15-11-16(23)9-10-21(15)24-14)22(26)25-17-5-4-8-19(13-17)29(27,28)18-6-2-3-7-18/h4-5,8-13,18H,2-3,6-7H2,1H3,(H,25,26). The normalized spacial score (nSPS) is 15.0. The van der Waals surface area contributed by atoms with E-state index in [1.807, 2.05) is 6.07 Å². The quantitative estimate of drug-likeness (QED) is 0.622. The number of hydrogen-bond acceptors (Lipinski definition) is 4. The Morgan fingerprint density at radius 2 is 1.86 bits per heavy atom. The summed E-state index contributed by atoms with van der Waals surface area (Å²) in [5.74, 6) is -0.340. The lowest BCUT2D eigenvalue weighted by atomic mass is 10.1. The van der Waals surface area contributed by atoms with Gasteiger partial charge in [0.25, 0.3) is 5.91 Å². The van der Waals surface area contributed by atoms with E-state index in [1.54, 1.807) is 43.3 Å². The molecule has 1 N–H and O–H groups in total. The van der Waals surface area contributed by atoms with Crippen LogP contribution in [0.5, 0.6) is 0 Å². The lowest BCUT2D eigenvalue weighted by Crippen LogP contribution is -2.18. The second-order valence-electron chi connectivity index (χ2n) is 7.39. The summed E-state index contributed by atoms with van der Waals surface area (Å²) < 4.78 is 25.7. The first kappa shape index (κ1) is 19.9. The van der Waals surface area contributed by atoms with E-state index < -0.39 is 9.84 Å². The molecule has 1 saturated carbocycles. The summed E-state index contributed by atoms with van der Waals surface area (Å²) in [6.45, 7) is 1.77. The number of carbonyl (C=O) groups excluding carboxylic acids is 1. The number of hydrogen-bond donors (Lipinski definition) is 1. The summed E-state index contributed by atoms with van der Waals surface area (Å²) in [5, 5.41) is 3.81. The third-order valence-corrected chi connectivity index (χ3v) is 7.87. The minimum Gasteiger partial charge on any atom is -0.322 e. The molecule has 1 aliphatic carbocycles. The Kier molecular flexibility index (Phi) is 5.32. The molecular formula is C22H21ClN2O3S. The van der Waals surface area contributed by atoms with Crippen molar-refractivity contribution in [1.29, 1.82) is 0 Å². The van der Waals surface area contributed by atoms with Gasteiger partial charge in [0.1, 0.15) is 0 Å². The third kappa shape index (κ3) is 4.00. The predicted molar refractivity (Wildman–Crippen MR) is 115 cm³/mol. The van der Waals surface area contributed by atoms with Crippen molar-refractivity contribution in [2.45, 2.75) is 42.8 Å². The number of carbonyl (C=O) groups is 1. The van der Waals surface area contributed by atoms with Crippen molar-refractivity contribution in [3.8, 4) is 0 Å². The Bertz CT molecular complexity index is 1200. The molecule has 4 rings (SSSR count). The SMILES string of the molecule is Cc1nc2ccc(Cl)cc2cc1C(=O)Nc1cccc(S(=O)(=O)C2CCCC2)c1. The average molecular weight is 429 g/mol. The molecule has 1 aliphatic rings. The molecule has 0 aliphatic heterocycles. The highest BCUT2D eigenvalue weighted by Crippen LogP contribution is 2.30. The van der Waals surface area contributed by atoms with E-state index in [4.69, 9.17) is 11.6 Å². The maximum atomic E-state index is 12.8. The Hall–Kier alpha value is -2.44. The van der Waals surface area contributed by atoms with Crippen LogP contribution in [0.4, 0.5) is 5.69 Å². The molecule has 3 aromatic rings. The summed E-state index contributed by atoms with van der Waals surface area (Å²) in [6.07, 6.45) is 3.28. The van der Waals surface area contributed by atoms with Crippen LogP contribution in [0.3, 0.4) is 0 Å². The van der Waals surface area contributed by atoms with Crippen LogP contribution in [0.15, 0.2) is 53.4 Å². The Balaban J connectivity index is 1.62. The van der Waals surface area contributed by atoms with Crippen LogP contribution in [0, 0.1) is 6.92 Å². The molecule has 7 heteroatoms. The highest BCUT2D eigenvalue weighted by molar-refractivity contribution is 7.92. The summed E-state index contributed by atoms with van der Waals surface area (Å²) in [6, 6.07) is 13.5. The minimum absolute atomic E-state index is 0.252. The number of amides is 1. The molecule has 0 saturated heterocycles. The number of aryl methyl sites for hydroxylation is 1. The first-order valence-corrected chi connectivity index (χ1v) is 11.5. The lowest BCUT2D eigenvalue weighted by Gasteiger charge is -2.13. The van der Waals surface area contributed by atoms with Gasteiger partial charge in [-0.15, -0.1) is 0 Å². The molecule has 29 heavy (non-hydrogen) atoms. The largest absolute Gasteiger partial charge is 0.322 e. The van der Waals surface area contributed by atoms with Gasteiger partial charge in [-0.1, -0.05) is 30.5 Å². The molecule has 5 nitrogen and oxygen atoms in total. The van der Waals surface area contributed by atoms with Gasteiger partial charge in [-0.25, -0.2) is 8.42 Å². The van der Waals surface area contributed by atoms with Crippen molar-refractivity contribution in [1.82, 2.24) is 4.98 Å². The molecule has 0 bridgehead atoms. The molecule has 1 amide bonds. The van der Waals surface area contributed by atoms with Crippen LogP contribution < -0.4 is 5.32 Å². The van der Waals surface area contributed by atoms with E-state index in [1.165, 1.54) is 6.07 Å². The van der Waals surface area contributed by atoms with Gasteiger partial charge in [-0.2, -0.15) is 0 Å². The van der Waals surface area contributed by atoms with Crippen LogP contribution in [0.25, 0.3) is 10.9 Å². The molecule has 1 aromatic heterocycles. The van der Waals surface area contributed by atoms with Gasteiger partial charge in [0, 0.05) is 16.1 Å². The molecule has 2 aromatic carbocycles. The van der Waals surface area contributed by atoms with Crippen molar-refractivity contribution in [2.24, 2.45) is 0 Å². The number of anilines is 1. The first-order valence-electron chi connectivity index (χ1n) is 9.57. The smallest absolute Gasteiger partial charge is 0.257 e. The fourth-order valence-corrected chi connectivity index (χ4v) is 5.89. The van der Waals surface area contributed by atoms with E-state index in [-0.39, 0.29) is 16.1 Å². The summed E-state index contributed by atoms with van der Waals surface area (Å²) in [7, 11) is -3.38. The highest BCUT2D eigenvalue weighted by Gasteiger charge is 2.30. The molecular weight excluding hydrogens is 408 g/mol. The molecule has 0 unspecified atom stereocenters. The molecule has 1 fully saturated rings. The van der Waals surface area contributed by atoms with E-state index >= 15 is 0 Å². The van der Waals surface area contributed by atoms with Gasteiger partial charge >= 0.3 is 0 Å². The van der Waals surface area contributed by atoms with E-state index in [0.29, 0.717) is 34.8 Å². The van der Waals surface area contributed by atoms with Gasteiger partial charge in [-0.05, 0) is 62.2 Å². The zero-order chi connectivity index (χ0) is 20.6. The fourth-order valence-electron chi connectivity index (χ4n) is 3.81. The Morgan fingerprint density at radius 1 is 1.10 bits per heavy atom. The lowest BCUT2D eigenvalue weighted by molar-refractivity contribution is 0.102. The molecule has 0 spiro atoms. The number of aromatic nitrogens is 1. The number of pyridine rings is 1. The number of benzene rings is 2. The van der Waals surface area contributed by atoms with E-state index in [2.05, 4.69) is 10.3 Å². The average Bonchev–Trinajstić information content (AvgIpc) is 3.23. The van der Waals surface area contributed by atoms with Crippen molar-refractivity contribution in [3.05, 3.63) is 64.8 Å². The second kappa shape index (κ2) is 7.76. The van der Waals surface area contributed by atoms with Crippen molar-refractivity contribution < 1.29 is 13.2 Å². The molecule has 150 valence electrons. The van der Waals surface area contributed by atoms with Gasteiger partial charge < -0.3 is 5.32 Å².